The minimum absolute atomic E-state index is 0.116. The van der Waals surface area contributed by atoms with Crippen LogP contribution in [0.4, 0.5) is 18.9 Å². The molecule has 1 amide bonds. The Labute approximate surface area is 223 Å². The molecule has 2 atom stereocenters. The van der Waals surface area contributed by atoms with Gasteiger partial charge < -0.3 is 10.2 Å². The summed E-state index contributed by atoms with van der Waals surface area (Å²) < 4.78 is 32.4. The van der Waals surface area contributed by atoms with E-state index < -0.39 is 18.6 Å². The van der Waals surface area contributed by atoms with Crippen LogP contribution in [0.5, 0.6) is 0 Å². The van der Waals surface area contributed by atoms with E-state index in [2.05, 4.69) is 51.5 Å². The lowest BCUT2D eigenvalue weighted by atomic mass is 10.1. The quantitative estimate of drug-likeness (QED) is 0.246. The molecule has 38 heavy (non-hydrogen) atoms. The van der Waals surface area contributed by atoms with Crippen LogP contribution >= 0.6 is 0 Å². The molecule has 10 heteroatoms. The van der Waals surface area contributed by atoms with E-state index in [0.717, 1.165) is 31.0 Å². The number of likely N-dealkylation sites (N-methyl/N-ethyl adjacent to an activating group) is 1. The minimum Gasteiger partial charge on any atom is -0.366 e. The lowest BCUT2D eigenvalue weighted by molar-refractivity contribution is -0.130. The third-order valence-electron chi connectivity index (χ3n) is 5.29. The summed E-state index contributed by atoms with van der Waals surface area (Å²) in [5.41, 5.74) is 2.64. The number of hydrogen-bond acceptors (Lipinski definition) is 5. The maximum Gasteiger partial charge on any atom is 0.388 e. The summed E-state index contributed by atoms with van der Waals surface area (Å²) >= 11 is 0. The van der Waals surface area contributed by atoms with E-state index in [-0.39, 0.29) is 11.8 Å². The number of nitrogens with one attached hydrogen (secondary N) is 2. The molecule has 7 nitrogen and oxygen atoms in total. The van der Waals surface area contributed by atoms with Crippen molar-refractivity contribution >= 4 is 17.3 Å². The van der Waals surface area contributed by atoms with Gasteiger partial charge in [0.25, 0.3) is 5.91 Å². The van der Waals surface area contributed by atoms with Crippen LogP contribution in [-0.4, -0.2) is 58.0 Å². The van der Waals surface area contributed by atoms with E-state index >= 15 is 0 Å². The van der Waals surface area contributed by atoms with Crippen molar-refractivity contribution in [3.63, 3.8) is 0 Å². The molecule has 2 rings (SSSR count). The molecule has 0 spiro atoms. The van der Waals surface area contributed by atoms with Crippen molar-refractivity contribution in [3.05, 3.63) is 67.2 Å². The van der Waals surface area contributed by atoms with Gasteiger partial charge in [-0.05, 0) is 43.7 Å². The summed E-state index contributed by atoms with van der Waals surface area (Å²) in [5, 5.41) is 9.74. The summed E-state index contributed by atoms with van der Waals surface area (Å²) in [7, 11) is 3.71. The second-order valence-electron chi connectivity index (χ2n) is 8.53. The average molecular weight is 533 g/mol. The van der Waals surface area contributed by atoms with Gasteiger partial charge in [0.1, 0.15) is 12.4 Å². The summed E-state index contributed by atoms with van der Waals surface area (Å²) in [6, 6.07) is 7.08. The Morgan fingerprint density at radius 2 is 1.95 bits per heavy atom. The van der Waals surface area contributed by atoms with Gasteiger partial charge in [0.15, 0.2) is 5.82 Å². The van der Waals surface area contributed by atoms with Crippen LogP contribution in [0, 0.1) is 5.92 Å². The number of amides is 1. The Hall–Kier alpha value is -3.69. The van der Waals surface area contributed by atoms with Crippen LogP contribution < -0.4 is 5.32 Å². The van der Waals surface area contributed by atoms with Gasteiger partial charge in [0.2, 0.25) is 0 Å². The highest BCUT2D eigenvalue weighted by Gasteiger charge is 2.22. The van der Waals surface area contributed by atoms with Gasteiger partial charge in [-0.25, -0.2) is 4.98 Å². The largest absolute Gasteiger partial charge is 0.388 e. The van der Waals surface area contributed by atoms with Crippen molar-refractivity contribution in [2.45, 2.75) is 59.2 Å². The van der Waals surface area contributed by atoms with Crippen molar-refractivity contribution in [2.24, 2.45) is 10.9 Å². The van der Waals surface area contributed by atoms with Crippen molar-refractivity contribution in [3.8, 4) is 11.4 Å². The standard InChI is InChI=1S/C25H34N6O.C3H5F3/c1-6-9-21(26-4)14-12-19(3)13-15-23(31(5)16-7-2)25(32)29-22-11-8-10-20(17-22)24-27-18-28-30-24;1-2-3(4,5)6/h7-8,10-19,23H,6,9H2,1-5H3,(H,29,32)(H,27,28,30);2H2,1H3/b14-12-,15-13+,16-7-,26-21?;. The van der Waals surface area contributed by atoms with E-state index in [1.165, 1.54) is 6.33 Å². The first kappa shape index (κ1) is 32.3. The van der Waals surface area contributed by atoms with Crippen molar-refractivity contribution < 1.29 is 18.0 Å². The van der Waals surface area contributed by atoms with Gasteiger partial charge in [-0.15, -0.1) is 0 Å². The second-order valence-corrected chi connectivity index (χ2v) is 8.53. The normalized spacial score (nSPS) is 14.0. The second kappa shape index (κ2) is 16.9. The van der Waals surface area contributed by atoms with Crippen LogP contribution in [0.25, 0.3) is 11.4 Å². The molecule has 2 unspecified atom stereocenters. The Bertz CT molecular complexity index is 1070. The molecule has 2 N–H and O–H groups in total. The number of rotatable bonds is 11. The Morgan fingerprint density at radius 1 is 1.24 bits per heavy atom. The molecule has 0 aliphatic rings. The van der Waals surface area contributed by atoms with E-state index in [1.807, 2.05) is 74.6 Å². The first-order valence-corrected chi connectivity index (χ1v) is 12.5. The van der Waals surface area contributed by atoms with E-state index in [1.54, 1.807) is 0 Å². The number of nitrogens with zero attached hydrogens (tertiary/aromatic N) is 4. The highest BCUT2D eigenvalue weighted by Crippen LogP contribution is 2.20. The van der Waals surface area contributed by atoms with Crippen LogP contribution in [0.15, 0.2) is 72.2 Å². The third-order valence-corrected chi connectivity index (χ3v) is 5.29. The first-order chi connectivity index (χ1) is 18.0. The number of aliphatic imine (C=N–C) groups is 1. The van der Waals surface area contributed by atoms with Crippen LogP contribution in [-0.2, 0) is 4.79 Å². The molecular formula is C28H39F3N6O. The number of carbonyl (C=O) groups excluding carboxylic acids is 1. The SMILES string of the molecule is C/C=C\N(C)C(/C=C/C(C)/C=C\C(CCC)=NC)C(=O)Nc1cccc(-c2ncn[nH]2)c1.CCC(F)(F)F. The highest BCUT2D eigenvalue weighted by molar-refractivity contribution is 5.96. The first-order valence-electron chi connectivity index (χ1n) is 12.5. The average Bonchev–Trinajstić information content (AvgIpc) is 3.42. The summed E-state index contributed by atoms with van der Waals surface area (Å²) in [4.78, 5) is 23.5. The summed E-state index contributed by atoms with van der Waals surface area (Å²) in [5.74, 6) is 0.712. The van der Waals surface area contributed by atoms with Gasteiger partial charge in [0, 0.05) is 37.5 Å². The molecule has 0 radical (unpaired) electrons. The van der Waals surface area contributed by atoms with Crippen LogP contribution in [0.3, 0.4) is 0 Å². The molecule has 208 valence electrons. The number of H-pyrrole nitrogens is 1. The zero-order chi connectivity index (χ0) is 28.6. The lowest BCUT2D eigenvalue weighted by Crippen LogP contribution is -2.37. The minimum atomic E-state index is -3.96. The molecular weight excluding hydrogens is 493 g/mol. The molecule has 0 bridgehead atoms. The van der Waals surface area contributed by atoms with Crippen molar-refractivity contribution in [1.82, 2.24) is 20.1 Å². The zero-order valence-corrected chi connectivity index (χ0v) is 23.0. The summed E-state index contributed by atoms with van der Waals surface area (Å²) in [6.45, 7) is 7.25. The van der Waals surface area contributed by atoms with Crippen molar-refractivity contribution in [2.75, 3.05) is 19.4 Å². The molecule has 1 heterocycles. The monoisotopic (exact) mass is 532 g/mol. The molecule has 0 saturated heterocycles. The number of benzene rings is 1. The summed E-state index contributed by atoms with van der Waals surface area (Å²) in [6.07, 6.45) is 10.8. The Kier molecular flexibility index (Phi) is 14.4. The molecule has 1 aromatic carbocycles. The Balaban J connectivity index is 0.00000107. The highest BCUT2D eigenvalue weighted by atomic mass is 19.4. The van der Waals surface area contributed by atoms with Gasteiger partial charge >= 0.3 is 6.18 Å². The molecule has 1 aromatic heterocycles. The fourth-order valence-electron chi connectivity index (χ4n) is 3.17. The fourth-order valence-corrected chi connectivity index (χ4v) is 3.17. The number of alkyl halides is 3. The van der Waals surface area contributed by atoms with E-state index in [0.29, 0.717) is 11.5 Å². The molecule has 0 aliphatic carbocycles. The number of aromatic amines is 1. The van der Waals surface area contributed by atoms with Crippen molar-refractivity contribution in [1.29, 1.82) is 0 Å². The predicted molar refractivity (Wildman–Crippen MR) is 149 cm³/mol. The van der Waals surface area contributed by atoms with Gasteiger partial charge in [0.05, 0.1) is 0 Å². The zero-order valence-electron chi connectivity index (χ0n) is 23.0. The number of hydrogen-bond donors (Lipinski definition) is 2. The third kappa shape index (κ3) is 12.5. The molecule has 0 saturated carbocycles. The Morgan fingerprint density at radius 3 is 2.50 bits per heavy atom. The number of carbonyl (C=O) groups is 1. The van der Waals surface area contributed by atoms with Gasteiger partial charge in [-0.3, -0.25) is 14.9 Å². The topological polar surface area (TPSA) is 86.3 Å². The number of allylic oxidation sites excluding steroid dienone is 4. The molecule has 0 fully saturated rings. The van der Waals surface area contributed by atoms with E-state index in [9.17, 15) is 18.0 Å². The van der Waals surface area contributed by atoms with Crippen LogP contribution in [0.1, 0.15) is 47.0 Å². The predicted octanol–water partition coefficient (Wildman–Crippen LogP) is 6.82. The number of aromatic nitrogens is 3. The molecule has 0 aliphatic heterocycles. The number of anilines is 1. The maximum absolute atomic E-state index is 13.1. The van der Waals surface area contributed by atoms with E-state index in [4.69, 9.17) is 0 Å². The van der Waals surface area contributed by atoms with Gasteiger partial charge in [-0.1, -0.05) is 63.6 Å². The fraction of sp³-hybridized carbons (Fsp3) is 0.429. The maximum atomic E-state index is 13.1. The molecule has 2 aromatic rings. The number of halogens is 3. The van der Waals surface area contributed by atoms with Gasteiger partial charge in [-0.2, -0.15) is 18.3 Å². The smallest absolute Gasteiger partial charge is 0.366 e. The van der Waals surface area contributed by atoms with Crippen LogP contribution in [0.2, 0.25) is 0 Å². The lowest BCUT2D eigenvalue weighted by Gasteiger charge is -2.23.